The first kappa shape index (κ1) is 13.7. The topological polar surface area (TPSA) is 42.0 Å². The number of hydrogen-bond donors (Lipinski definition) is 1. The second kappa shape index (κ2) is 5.30. The van der Waals surface area contributed by atoms with Gasteiger partial charge >= 0.3 is 0 Å². The van der Waals surface area contributed by atoms with E-state index in [1.54, 1.807) is 0 Å². The number of nitrogens with one attached hydrogen (secondary N) is 1. The standard InChI is InChI=1S/C14H22N2O/c1-6-11(16-13(17)14(3,4)5)12-8-7-10(2)9-15-12/h7-9,11H,6H2,1-5H3,(H,16,17)/t11-/m1/s1. The molecule has 1 N–H and O–H groups in total. The number of carbonyl (C=O) groups excluding carboxylic acids is 1. The largest absolute Gasteiger partial charge is 0.347 e. The third-order valence-corrected chi connectivity index (χ3v) is 2.69. The highest BCUT2D eigenvalue weighted by molar-refractivity contribution is 5.81. The van der Waals surface area contributed by atoms with Crippen LogP contribution >= 0.6 is 0 Å². The van der Waals surface area contributed by atoms with Crippen molar-refractivity contribution in [1.29, 1.82) is 0 Å². The normalized spacial score (nSPS) is 13.2. The average molecular weight is 234 g/mol. The lowest BCUT2D eigenvalue weighted by molar-refractivity contribution is -0.129. The monoisotopic (exact) mass is 234 g/mol. The van der Waals surface area contributed by atoms with Crippen molar-refractivity contribution in [2.24, 2.45) is 5.41 Å². The molecule has 1 atom stereocenters. The molecule has 3 nitrogen and oxygen atoms in total. The summed E-state index contributed by atoms with van der Waals surface area (Å²) >= 11 is 0. The van der Waals surface area contributed by atoms with Crippen LogP contribution in [0.3, 0.4) is 0 Å². The highest BCUT2D eigenvalue weighted by atomic mass is 16.2. The van der Waals surface area contributed by atoms with Crippen LogP contribution in [0.2, 0.25) is 0 Å². The number of pyridine rings is 1. The van der Waals surface area contributed by atoms with Crippen molar-refractivity contribution in [3.63, 3.8) is 0 Å². The first-order chi connectivity index (χ1) is 7.84. The van der Waals surface area contributed by atoms with Gasteiger partial charge in [-0.3, -0.25) is 9.78 Å². The molecule has 0 unspecified atom stereocenters. The zero-order valence-electron chi connectivity index (χ0n) is 11.4. The molecule has 1 heterocycles. The minimum absolute atomic E-state index is 0.00215. The minimum atomic E-state index is -0.363. The van der Waals surface area contributed by atoms with E-state index in [1.807, 2.05) is 46.0 Å². The summed E-state index contributed by atoms with van der Waals surface area (Å²) in [6.07, 6.45) is 2.68. The van der Waals surface area contributed by atoms with Crippen LogP contribution < -0.4 is 5.32 Å². The Hall–Kier alpha value is -1.38. The highest BCUT2D eigenvalue weighted by Crippen LogP contribution is 2.19. The van der Waals surface area contributed by atoms with E-state index in [4.69, 9.17) is 0 Å². The van der Waals surface area contributed by atoms with E-state index in [1.165, 1.54) is 0 Å². The van der Waals surface area contributed by atoms with Crippen LogP contribution in [0.15, 0.2) is 18.3 Å². The van der Waals surface area contributed by atoms with Gasteiger partial charge in [0.25, 0.3) is 0 Å². The van der Waals surface area contributed by atoms with Gasteiger partial charge in [0.15, 0.2) is 0 Å². The molecule has 17 heavy (non-hydrogen) atoms. The quantitative estimate of drug-likeness (QED) is 0.873. The number of rotatable bonds is 3. The highest BCUT2D eigenvalue weighted by Gasteiger charge is 2.24. The van der Waals surface area contributed by atoms with Crippen LogP contribution in [0.1, 0.15) is 51.4 Å². The maximum Gasteiger partial charge on any atom is 0.225 e. The first-order valence-corrected chi connectivity index (χ1v) is 6.08. The molecular weight excluding hydrogens is 212 g/mol. The van der Waals surface area contributed by atoms with Crippen LogP contribution in [0.5, 0.6) is 0 Å². The van der Waals surface area contributed by atoms with Crippen LogP contribution in [-0.2, 0) is 4.79 Å². The third-order valence-electron chi connectivity index (χ3n) is 2.69. The Morgan fingerprint density at radius 3 is 2.47 bits per heavy atom. The smallest absolute Gasteiger partial charge is 0.225 e. The number of nitrogens with zero attached hydrogens (tertiary/aromatic N) is 1. The third kappa shape index (κ3) is 3.84. The summed E-state index contributed by atoms with van der Waals surface area (Å²) in [5, 5.41) is 3.04. The molecule has 3 heteroatoms. The molecule has 0 bridgehead atoms. The summed E-state index contributed by atoms with van der Waals surface area (Å²) in [5.74, 6) is 0.0618. The molecule has 1 aromatic heterocycles. The molecule has 0 saturated carbocycles. The molecule has 0 aromatic carbocycles. The van der Waals surface area contributed by atoms with Crippen LogP contribution in [0.25, 0.3) is 0 Å². The Kier molecular flexibility index (Phi) is 4.27. The fraction of sp³-hybridized carbons (Fsp3) is 0.571. The molecule has 0 fully saturated rings. The van der Waals surface area contributed by atoms with Gasteiger partial charge in [0.2, 0.25) is 5.91 Å². The van der Waals surface area contributed by atoms with E-state index in [-0.39, 0.29) is 17.4 Å². The molecule has 0 aliphatic heterocycles. The van der Waals surface area contributed by atoms with E-state index in [2.05, 4.69) is 17.2 Å². The van der Waals surface area contributed by atoms with Gasteiger partial charge in [0.1, 0.15) is 0 Å². The van der Waals surface area contributed by atoms with Crippen molar-refractivity contribution in [3.8, 4) is 0 Å². The molecule has 1 amide bonds. The van der Waals surface area contributed by atoms with Gasteiger partial charge in [0, 0.05) is 11.6 Å². The summed E-state index contributed by atoms with van der Waals surface area (Å²) in [4.78, 5) is 16.3. The zero-order chi connectivity index (χ0) is 13.1. The molecular formula is C14H22N2O. The van der Waals surface area contributed by atoms with Gasteiger partial charge in [-0.1, -0.05) is 33.8 Å². The minimum Gasteiger partial charge on any atom is -0.347 e. The summed E-state index contributed by atoms with van der Waals surface area (Å²) in [6, 6.07) is 4.00. The van der Waals surface area contributed by atoms with Crippen molar-refractivity contribution in [3.05, 3.63) is 29.6 Å². The van der Waals surface area contributed by atoms with Crippen LogP contribution in [-0.4, -0.2) is 10.9 Å². The van der Waals surface area contributed by atoms with Crippen LogP contribution in [0.4, 0.5) is 0 Å². The second-order valence-electron chi connectivity index (χ2n) is 5.44. The second-order valence-corrected chi connectivity index (χ2v) is 5.44. The SMILES string of the molecule is CC[C@@H](NC(=O)C(C)(C)C)c1ccc(C)cn1. The Morgan fingerprint density at radius 1 is 1.41 bits per heavy atom. The summed E-state index contributed by atoms with van der Waals surface area (Å²) in [5.41, 5.74) is 1.69. The van der Waals surface area contributed by atoms with Gasteiger partial charge in [-0.05, 0) is 25.0 Å². The average Bonchev–Trinajstić information content (AvgIpc) is 2.25. The fourth-order valence-electron chi connectivity index (χ4n) is 1.45. The Morgan fingerprint density at radius 2 is 2.06 bits per heavy atom. The van der Waals surface area contributed by atoms with E-state index in [9.17, 15) is 4.79 Å². The molecule has 0 spiro atoms. The Bertz CT molecular complexity index is 376. The summed E-state index contributed by atoms with van der Waals surface area (Å²) in [7, 11) is 0. The fourth-order valence-corrected chi connectivity index (χ4v) is 1.45. The van der Waals surface area contributed by atoms with Crippen molar-refractivity contribution >= 4 is 5.91 Å². The van der Waals surface area contributed by atoms with Gasteiger partial charge in [-0.25, -0.2) is 0 Å². The number of carbonyl (C=O) groups is 1. The molecule has 0 radical (unpaired) electrons. The molecule has 1 rings (SSSR count). The van der Waals surface area contributed by atoms with Gasteiger partial charge < -0.3 is 5.32 Å². The van der Waals surface area contributed by atoms with Crippen molar-refractivity contribution in [2.75, 3.05) is 0 Å². The molecule has 0 aliphatic carbocycles. The predicted molar refractivity (Wildman–Crippen MR) is 69.6 cm³/mol. The number of hydrogen-bond acceptors (Lipinski definition) is 2. The lowest BCUT2D eigenvalue weighted by Gasteiger charge is -2.23. The van der Waals surface area contributed by atoms with E-state index < -0.39 is 0 Å². The number of aromatic nitrogens is 1. The lowest BCUT2D eigenvalue weighted by Crippen LogP contribution is -2.37. The zero-order valence-corrected chi connectivity index (χ0v) is 11.4. The Labute approximate surface area is 104 Å². The molecule has 1 aromatic rings. The number of aryl methyl sites for hydroxylation is 1. The first-order valence-electron chi connectivity index (χ1n) is 6.08. The predicted octanol–water partition coefficient (Wildman–Crippen LogP) is 3.00. The van der Waals surface area contributed by atoms with Crippen molar-refractivity contribution in [1.82, 2.24) is 10.3 Å². The maximum atomic E-state index is 11.9. The van der Waals surface area contributed by atoms with Crippen molar-refractivity contribution in [2.45, 2.75) is 47.1 Å². The van der Waals surface area contributed by atoms with Gasteiger partial charge in [0.05, 0.1) is 11.7 Å². The van der Waals surface area contributed by atoms with Gasteiger partial charge in [-0.2, -0.15) is 0 Å². The maximum absolute atomic E-state index is 11.9. The lowest BCUT2D eigenvalue weighted by atomic mass is 9.94. The van der Waals surface area contributed by atoms with E-state index >= 15 is 0 Å². The molecule has 94 valence electrons. The van der Waals surface area contributed by atoms with E-state index in [0.717, 1.165) is 17.7 Å². The summed E-state index contributed by atoms with van der Waals surface area (Å²) in [6.45, 7) is 9.80. The van der Waals surface area contributed by atoms with E-state index in [0.29, 0.717) is 0 Å². The molecule has 0 aliphatic rings. The van der Waals surface area contributed by atoms with Crippen LogP contribution in [0, 0.1) is 12.3 Å². The van der Waals surface area contributed by atoms with Crippen molar-refractivity contribution < 1.29 is 4.79 Å². The molecule has 0 saturated heterocycles. The number of amides is 1. The Balaban J connectivity index is 2.79. The summed E-state index contributed by atoms with van der Waals surface area (Å²) < 4.78 is 0. The van der Waals surface area contributed by atoms with Gasteiger partial charge in [-0.15, -0.1) is 0 Å².